The van der Waals surface area contributed by atoms with E-state index in [0.29, 0.717) is 12.3 Å². The Morgan fingerprint density at radius 3 is 2.54 bits per heavy atom. The van der Waals surface area contributed by atoms with Crippen molar-refractivity contribution in [3.63, 3.8) is 0 Å². The summed E-state index contributed by atoms with van der Waals surface area (Å²) >= 11 is 1.66. The van der Waals surface area contributed by atoms with E-state index in [0.717, 1.165) is 23.4 Å². The van der Waals surface area contributed by atoms with Crippen molar-refractivity contribution in [1.82, 2.24) is 5.01 Å². The van der Waals surface area contributed by atoms with Gasteiger partial charge in [0.25, 0.3) is 5.91 Å². The lowest BCUT2D eigenvalue weighted by Crippen LogP contribution is -2.25. The summed E-state index contributed by atoms with van der Waals surface area (Å²) in [6.45, 7) is 4.90. The fourth-order valence-corrected chi connectivity index (χ4v) is 3.78. The molecule has 0 N–H and O–H groups in total. The first-order valence-electron chi connectivity index (χ1n) is 8.20. The molecule has 0 saturated heterocycles. The van der Waals surface area contributed by atoms with Gasteiger partial charge in [-0.2, -0.15) is 5.10 Å². The minimum absolute atomic E-state index is 0.0929. The summed E-state index contributed by atoms with van der Waals surface area (Å²) in [6, 6.07) is 16.6. The van der Waals surface area contributed by atoms with Gasteiger partial charge in [-0.05, 0) is 25.0 Å². The number of nitrogens with zero attached hydrogens (tertiary/aromatic N) is 2. The third-order valence-corrected chi connectivity index (χ3v) is 4.96. The average molecular weight is 338 g/mol. The molecule has 1 aliphatic heterocycles. The standard InChI is InChI=1S/C20H22N2OS/c1-15-10-16(2)12-17(11-15)13-24-14-20(23)22-9-8-19(21-22)18-6-4-3-5-7-18/h3-7,10-12H,8-9,13-14H2,1-2H3. The van der Waals surface area contributed by atoms with Crippen LogP contribution in [0.2, 0.25) is 0 Å². The first kappa shape index (κ1) is 16.8. The Morgan fingerprint density at radius 1 is 1.12 bits per heavy atom. The van der Waals surface area contributed by atoms with Crippen LogP contribution in [0.4, 0.5) is 0 Å². The van der Waals surface area contributed by atoms with Gasteiger partial charge in [-0.1, -0.05) is 59.7 Å². The van der Waals surface area contributed by atoms with Crippen molar-refractivity contribution >= 4 is 23.4 Å². The van der Waals surface area contributed by atoms with Crippen LogP contribution in [0.15, 0.2) is 53.6 Å². The molecular formula is C20H22N2OS. The lowest BCUT2D eigenvalue weighted by atomic mass is 10.1. The van der Waals surface area contributed by atoms with Crippen LogP contribution in [-0.2, 0) is 10.5 Å². The van der Waals surface area contributed by atoms with Crippen LogP contribution in [0, 0.1) is 13.8 Å². The maximum Gasteiger partial charge on any atom is 0.252 e. The Morgan fingerprint density at radius 2 is 1.83 bits per heavy atom. The Labute approximate surface area is 147 Å². The van der Waals surface area contributed by atoms with Crippen molar-refractivity contribution in [2.24, 2.45) is 5.10 Å². The van der Waals surface area contributed by atoms with E-state index in [1.807, 2.05) is 30.3 Å². The third kappa shape index (κ3) is 4.26. The van der Waals surface area contributed by atoms with Gasteiger partial charge in [0.05, 0.1) is 18.0 Å². The molecule has 0 aromatic heterocycles. The number of rotatable bonds is 5. The van der Waals surface area contributed by atoms with Crippen LogP contribution in [0.5, 0.6) is 0 Å². The third-order valence-electron chi connectivity index (χ3n) is 3.97. The molecule has 0 radical (unpaired) electrons. The van der Waals surface area contributed by atoms with E-state index < -0.39 is 0 Å². The molecule has 0 unspecified atom stereocenters. The molecule has 0 bridgehead atoms. The zero-order chi connectivity index (χ0) is 16.9. The largest absolute Gasteiger partial charge is 0.272 e. The topological polar surface area (TPSA) is 32.7 Å². The van der Waals surface area contributed by atoms with Gasteiger partial charge in [-0.15, -0.1) is 11.8 Å². The van der Waals surface area contributed by atoms with Crippen LogP contribution in [-0.4, -0.2) is 28.9 Å². The average Bonchev–Trinajstić information content (AvgIpc) is 3.05. The number of benzene rings is 2. The number of hydrogen-bond acceptors (Lipinski definition) is 3. The van der Waals surface area contributed by atoms with E-state index in [9.17, 15) is 4.79 Å². The predicted molar refractivity (Wildman–Crippen MR) is 101 cm³/mol. The van der Waals surface area contributed by atoms with E-state index in [2.05, 4.69) is 37.1 Å². The fourth-order valence-electron chi connectivity index (χ4n) is 2.95. The Kier molecular flexibility index (Phi) is 5.36. The second kappa shape index (κ2) is 7.67. The summed E-state index contributed by atoms with van der Waals surface area (Å²) in [5.41, 5.74) is 5.93. The minimum atomic E-state index is 0.0929. The number of carbonyl (C=O) groups excluding carboxylic acids is 1. The van der Waals surface area contributed by atoms with Gasteiger partial charge in [0.15, 0.2) is 0 Å². The van der Waals surface area contributed by atoms with Crippen molar-refractivity contribution in [1.29, 1.82) is 0 Å². The smallest absolute Gasteiger partial charge is 0.252 e. The predicted octanol–water partition coefficient (Wildman–Crippen LogP) is 4.17. The van der Waals surface area contributed by atoms with E-state index >= 15 is 0 Å². The van der Waals surface area contributed by atoms with Crippen molar-refractivity contribution in [3.8, 4) is 0 Å². The molecule has 124 valence electrons. The fraction of sp³-hybridized carbons (Fsp3) is 0.300. The number of thioether (sulfide) groups is 1. The van der Waals surface area contributed by atoms with Crippen molar-refractivity contribution in [3.05, 3.63) is 70.8 Å². The highest BCUT2D eigenvalue weighted by atomic mass is 32.2. The quantitative estimate of drug-likeness (QED) is 0.819. The van der Waals surface area contributed by atoms with E-state index in [-0.39, 0.29) is 5.91 Å². The first-order valence-corrected chi connectivity index (χ1v) is 9.35. The second-order valence-corrected chi connectivity index (χ2v) is 7.15. The maximum absolute atomic E-state index is 12.3. The Hall–Kier alpha value is -2.07. The molecule has 0 spiro atoms. The molecule has 1 heterocycles. The first-order chi connectivity index (χ1) is 11.6. The molecule has 24 heavy (non-hydrogen) atoms. The van der Waals surface area contributed by atoms with E-state index in [1.54, 1.807) is 16.8 Å². The van der Waals surface area contributed by atoms with Crippen LogP contribution >= 0.6 is 11.8 Å². The summed E-state index contributed by atoms with van der Waals surface area (Å²) < 4.78 is 0. The Balaban J connectivity index is 1.53. The summed E-state index contributed by atoms with van der Waals surface area (Å²) in [7, 11) is 0. The number of hydrazone groups is 1. The summed E-state index contributed by atoms with van der Waals surface area (Å²) in [4.78, 5) is 12.3. The SMILES string of the molecule is Cc1cc(C)cc(CSCC(=O)N2CCC(c3ccccc3)=N2)c1. The molecule has 0 aliphatic carbocycles. The van der Waals surface area contributed by atoms with Gasteiger partial charge in [0, 0.05) is 12.2 Å². The summed E-state index contributed by atoms with van der Waals surface area (Å²) in [5.74, 6) is 1.42. The van der Waals surface area contributed by atoms with Crippen molar-refractivity contribution < 1.29 is 4.79 Å². The Bertz CT molecular complexity index is 735. The van der Waals surface area contributed by atoms with Crippen LogP contribution in [0.25, 0.3) is 0 Å². The summed E-state index contributed by atoms with van der Waals surface area (Å²) in [6.07, 6.45) is 0.831. The van der Waals surface area contributed by atoms with Gasteiger partial charge < -0.3 is 0 Å². The molecule has 1 amide bonds. The second-order valence-electron chi connectivity index (χ2n) is 6.17. The van der Waals surface area contributed by atoms with Crippen LogP contribution < -0.4 is 0 Å². The molecule has 0 atom stereocenters. The normalized spacial score (nSPS) is 13.9. The van der Waals surface area contributed by atoms with Crippen LogP contribution in [0.1, 0.15) is 28.7 Å². The molecule has 3 nitrogen and oxygen atoms in total. The highest BCUT2D eigenvalue weighted by molar-refractivity contribution is 7.99. The van der Waals surface area contributed by atoms with Crippen molar-refractivity contribution in [2.45, 2.75) is 26.0 Å². The van der Waals surface area contributed by atoms with Gasteiger partial charge >= 0.3 is 0 Å². The van der Waals surface area contributed by atoms with Gasteiger partial charge in [-0.3, -0.25) is 4.79 Å². The molecule has 4 heteroatoms. The highest BCUT2D eigenvalue weighted by Gasteiger charge is 2.21. The molecule has 0 fully saturated rings. The molecule has 0 saturated carbocycles. The lowest BCUT2D eigenvalue weighted by Gasteiger charge is -2.11. The van der Waals surface area contributed by atoms with Gasteiger partial charge in [0.2, 0.25) is 0 Å². The maximum atomic E-state index is 12.3. The van der Waals surface area contributed by atoms with Gasteiger partial charge in [0.1, 0.15) is 0 Å². The molecule has 2 aromatic carbocycles. The van der Waals surface area contributed by atoms with Crippen molar-refractivity contribution in [2.75, 3.05) is 12.3 Å². The van der Waals surface area contributed by atoms with Gasteiger partial charge in [-0.25, -0.2) is 5.01 Å². The highest BCUT2D eigenvalue weighted by Crippen LogP contribution is 2.18. The molecule has 2 aromatic rings. The number of carbonyl (C=O) groups is 1. The number of aryl methyl sites for hydroxylation is 2. The zero-order valence-corrected chi connectivity index (χ0v) is 15.0. The van der Waals surface area contributed by atoms with E-state index in [4.69, 9.17) is 0 Å². The summed E-state index contributed by atoms with van der Waals surface area (Å²) in [5, 5.41) is 6.12. The lowest BCUT2D eigenvalue weighted by molar-refractivity contribution is -0.127. The van der Waals surface area contributed by atoms with Crippen LogP contribution in [0.3, 0.4) is 0 Å². The molecular weight excluding hydrogens is 316 g/mol. The zero-order valence-electron chi connectivity index (χ0n) is 14.2. The minimum Gasteiger partial charge on any atom is -0.272 e. The number of hydrogen-bond donors (Lipinski definition) is 0. The molecule has 3 rings (SSSR count). The monoisotopic (exact) mass is 338 g/mol. The molecule has 1 aliphatic rings. The number of amides is 1. The van der Waals surface area contributed by atoms with E-state index in [1.165, 1.54) is 16.7 Å².